The summed E-state index contributed by atoms with van der Waals surface area (Å²) in [4.78, 5) is 21.6. The predicted octanol–water partition coefficient (Wildman–Crippen LogP) is 0.0451. The van der Waals surface area contributed by atoms with Crippen molar-refractivity contribution in [1.82, 2.24) is 5.32 Å². The van der Waals surface area contributed by atoms with Gasteiger partial charge in [0.15, 0.2) is 12.1 Å². The topological polar surface area (TPSA) is 55.4 Å². The molecule has 4 nitrogen and oxygen atoms in total. The largest absolute Gasteiger partial charge is 0.502 e. The van der Waals surface area contributed by atoms with E-state index in [0.29, 0.717) is 0 Å². The Morgan fingerprint density at radius 3 is 2.43 bits per heavy atom. The van der Waals surface area contributed by atoms with Crippen molar-refractivity contribution < 1.29 is 68.1 Å². The van der Waals surface area contributed by atoms with Crippen LogP contribution in [0.3, 0.4) is 0 Å². The number of hydrogen-bond donors (Lipinski definition) is 1. The first-order chi connectivity index (χ1) is 5.43. The third-order valence-corrected chi connectivity index (χ3v) is 1.75. The van der Waals surface area contributed by atoms with Crippen LogP contribution in [0.1, 0.15) is 13.8 Å². The molecule has 0 aromatic heterocycles. The summed E-state index contributed by atoms with van der Waals surface area (Å²) in [5.74, 6) is -0.976. The minimum absolute atomic E-state index is 0. The molecule has 1 heterocycles. The minimum atomic E-state index is -0.748. The van der Waals surface area contributed by atoms with E-state index in [9.17, 15) is 9.59 Å². The third kappa shape index (κ3) is 4.00. The van der Waals surface area contributed by atoms with Crippen molar-refractivity contribution >= 4 is 11.9 Å². The molecular formula is C8H11NO3WY-2. The molecule has 1 saturated heterocycles. The molecule has 0 unspecified atom stereocenters. The van der Waals surface area contributed by atoms with Crippen molar-refractivity contribution in [1.29, 1.82) is 0 Å². The van der Waals surface area contributed by atoms with E-state index in [1.165, 1.54) is 0 Å². The molecule has 1 radical (unpaired) electrons. The van der Waals surface area contributed by atoms with Crippen LogP contribution in [0.15, 0.2) is 0 Å². The van der Waals surface area contributed by atoms with Crippen molar-refractivity contribution in [3.8, 4) is 0 Å². The van der Waals surface area contributed by atoms with E-state index in [1.54, 1.807) is 20.4 Å². The second-order valence-corrected chi connectivity index (χ2v) is 3.34. The van der Waals surface area contributed by atoms with Crippen LogP contribution in [0.4, 0.5) is 0 Å². The SMILES string of the molecule is [CH2-]C(=O)O[C@@H]1C(=O)N[CH-]C1(C)C.[W].[Y]. The van der Waals surface area contributed by atoms with E-state index in [1.807, 2.05) is 0 Å². The maximum Gasteiger partial charge on any atom is 0.230 e. The van der Waals surface area contributed by atoms with E-state index in [0.717, 1.165) is 0 Å². The average molecular weight is 442 g/mol. The molecule has 0 saturated carbocycles. The number of ether oxygens (including phenoxy) is 1. The van der Waals surface area contributed by atoms with Gasteiger partial charge in [0.1, 0.15) is 0 Å². The van der Waals surface area contributed by atoms with Crippen LogP contribution in [-0.2, 0) is 68.1 Å². The van der Waals surface area contributed by atoms with Crippen LogP contribution in [0, 0.1) is 18.9 Å². The van der Waals surface area contributed by atoms with Gasteiger partial charge in [-0.15, -0.1) is 0 Å². The Balaban J connectivity index is 0. The molecule has 1 amide bonds. The normalized spacial score (nSPS) is 22.7. The molecule has 1 N–H and O–H groups in total. The number of rotatable bonds is 1. The molecule has 0 spiro atoms. The van der Waals surface area contributed by atoms with Crippen LogP contribution in [0.5, 0.6) is 0 Å². The van der Waals surface area contributed by atoms with E-state index in [2.05, 4.69) is 12.2 Å². The van der Waals surface area contributed by atoms with Crippen molar-refractivity contribution in [2.24, 2.45) is 5.41 Å². The molecule has 14 heavy (non-hydrogen) atoms. The first-order valence-corrected chi connectivity index (χ1v) is 3.61. The summed E-state index contributed by atoms with van der Waals surface area (Å²) in [6, 6.07) is 0. The Kier molecular flexibility index (Phi) is 7.59. The van der Waals surface area contributed by atoms with Gasteiger partial charge >= 0.3 is 0 Å². The summed E-state index contributed by atoms with van der Waals surface area (Å²) >= 11 is 0. The molecule has 6 heteroatoms. The van der Waals surface area contributed by atoms with Crippen molar-refractivity contribution in [3.63, 3.8) is 0 Å². The molecule has 0 aromatic carbocycles. The number of amides is 1. The average Bonchev–Trinajstić information content (AvgIpc) is 2.15. The molecule has 0 aliphatic carbocycles. The van der Waals surface area contributed by atoms with Gasteiger partial charge in [0.2, 0.25) is 5.91 Å². The maximum absolute atomic E-state index is 11.1. The number of esters is 1. The molecule has 0 aromatic rings. The summed E-state index contributed by atoms with van der Waals surface area (Å²) in [6.07, 6.45) is -0.748. The summed E-state index contributed by atoms with van der Waals surface area (Å²) < 4.78 is 4.75. The summed E-state index contributed by atoms with van der Waals surface area (Å²) in [7, 11) is 0. The van der Waals surface area contributed by atoms with Gasteiger partial charge in [0.25, 0.3) is 0 Å². The smallest absolute Gasteiger partial charge is 0.230 e. The Bertz CT molecular complexity index is 233. The Labute approximate surface area is 123 Å². The number of nitrogens with one attached hydrogen (secondary N) is 1. The van der Waals surface area contributed by atoms with Crippen molar-refractivity contribution in [3.05, 3.63) is 13.5 Å². The Morgan fingerprint density at radius 2 is 2.14 bits per heavy atom. The molecule has 1 rings (SSSR count). The van der Waals surface area contributed by atoms with Gasteiger partial charge in [0, 0.05) is 53.8 Å². The van der Waals surface area contributed by atoms with Gasteiger partial charge in [-0.05, 0) is 0 Å². The van der Waals surface area contributed by atoms with Crippen LogP contribution >= 0.6 is 0 Å². The van der Waals surface area contributed by atoms with Gasteiger partial charge in [-0.3, -0.25) is 16.5 Å². The van der Waals surface area contributed by atoms with E-state index in [-0.39, 0.29) is 59.7 Å². The number of carbonyl (C=O) groups is 2. The quantitative estimate of drug-likeness (QED) is 0.462. The Hall–Kier alpha value is 0.602. The van der Waals surface area contributed by atoms with Gasteiger partial charge in [0.05, 0.1) is 0 Å². The van der Waals surface area contributed by atoms with E-state index in [4.69, 9.17) is 4.74 Å². The number of hydrogen-bond acceptors (Lipinski definition) is 3. The van der Waals surface area contributed by atoms with Gasteiger partial charge in [-0.2, -0.15) is 0 Å². The van der Waals surface area contributed by atoms with Crippen LogP contribution < -0.4 is 5.32 Å². The fraction of sp³-hybridized carbons (Fsp3) is 0.500. The summed E-state index contributed by atoms with van der Waals surface area (Å²) in [5, 5.41) is 2.50. The first-order valence-electron chi connectivity index (χ1n) is 3.61. The first kappa shape index (κ1) is 17.0. The zero-order valence-corrected chi connectivity index (χ0v) is 13.8. The van der Waals surface area contributed by atoms with Crippen LogP contribution in [-0.4, -0.2) is 18.0 Å². The molecular weight excluding hydrogens is 431 g/mol. The zero-order valence-electron chi connectivity index (χ0n) is 8.07. The maximum atomic E-state index is 11.1. The molecule has 77 valence electrons. The molecule has 1 aliphatic heterocycles. The third-order valence-electron chi connectivity index (χ3n) is 1.75. The second-order valence-electron chi connectivity index (χ2n) is 3.34. The number of carbonyl (C=O) groups excluding carboxylic acids is 2. The molecule has 0 bridgehead atoms. The second kappa shape index (κ2) is 6.24. The summed E-state index contributed by atoms with van der Waals surface area (Å²) in [5.41, 5.74) is -0.454. The van der Waals surface area contributed by atoms with Gasteiger partial charge < -0.3 is 10.1 Å². The molecule has 1 aliphatic rings. The molecule has 1 atom stereocenters. The zero-order chi connectivity index (χ0) is 9.35. The van der Waals surface area contributed by atoms with Gasteiger partial charge in [-0.25, -0.2) is 6.54 Å². The fourth-order valence-electron chi connectivity index (χ4n) is 1.08. The van der Waals surface area contributed by atoms with Crippen molar-refractivity contribution in [2.75, 3.05) is 0 Å². The van der Waals surface area contributed by atoms with Crippen LogP contribution in [0.2, 0.25) is 0 Å². The van der Waals surface area contributed by atoms with E-state index < -0.39 is 17.5 Å². The molecule has 1 fully saturated rings. The van der Waals surface area contributed by atoms with Crippen LogP contribution in [0.25, 0.3) is 0 Å². The monoisotopic (exact) mass is 442 g/mol. The fourth-order valence-corrected chi connectivity index (χ4v) is 1.08. The van der Waals surface area contributed by atoms with Gasteiger partial charge in [-0.1, -0.05) is 19.3 Å². The minimum Gasteiger partial charge on any atom is -0.502 e. The van der Waals surface area contributed by atoms with E-state index >= 15 is 0 Å². The van der Waals surface area contributed by atoms with Crippen molar-refractivity contribution in [2.45, 2.75) is 20.0 Å². The standard InChI is InChI=1S/C8H11NO3.W.Y/c1-5(10)12-6-7(11)9-4-8(6,2)3;;/h4,6H,1H2,2-3H3,(H,9,11);;/q-2;;/t6-;;/m1../s1. The predicted molar refractivity (Wildman–Crippen MR) is 41.5 cm³/mol. The summed E-state index contributed by atoms with van der Waals surface area (Å²) in [6.45, 7) is 8.27. The Morgan fingerprint density at radius 1 is 1.64 bits per heavy atom.